The van der Waals surface area contributed by atoms with Crippen LogP contribution in [0, 0.1) is 17.8 Å². The first-order chi connectivity index (χ1) is 13.5. The number of hydrogen-bond donors (Lipinski definition) is 0. The number of esters is 1. The van der Waals surface area contributed by atoms with Crippen LogP contribution in [0.1, 0.15) is 54.9 Å². The highest BCUT2D eigenvalue weighted by Crippen LogP contribution is 2.53. The SMILES string of the molecule is C=C(C)C(=O)OC(CC(C(C)C)(C(C)C)[SiH]1O[Si](C)(C)O[SiH2]O[Si](C)(C)O1)C(C)C. The van der Waals surface area contributed by atoms with Crippen LogP contribution in [0.4, 0.5) is 0 Å². The van der Waals surface area contributed by atoms with E-state index >= 15 is 0 Å². The molecule has 0 aromatic heterocycles. The fourth-order valence-electron chi connectivity index (χ4n) is 3.92. The van der Waals surface area contributed by atoms with Crippen LogP contribution in [0.25, 0.3) is 0 Å². The second kappa shape index (κ2) is 10.7. The van der Waals surface area contributed by atoms with Gasteiger partial charge in [-0.25, -0.2) is 4.79 Å². The largest absolute Gasteiger partial charge is 0.459 e. The quantitative estimate of drug-likeness (QED) is 0.286. The van der Waals surface area contributed by atoms with Crippen molar-refractivity contribution >= 4 is 42.4 Å². The molecule has 0 bridgehead atoms. The van der Waals surface area contributed by atoms with Crippen LogP contribution in [0.3, 0.4) is 0 Å². The van der Waals surface area contributed by atoms with Gasteiger partial charge in [0.05, 0.1) is 0 Å². The fraction of sp³-hybridized carbons (Fsp3) is 0.850. The molecule has 0 aromatic rings. The van der Waals surface area contributed by atoms with Crippen molar-refractivity contribution in [2.45, 2.75) is 92.2 Å². The van der Waals surface area contributed by atoms with Gasteiger partial charge in [-0.3, -0.25) is 0 Å². The summed E-state index contributed by atoms with van der Waals surface area (Å²) in [7, 11) is -8.12. The third kappa shape index (κ3) is 7.22. The van der Waals surface area contributed by atoms with Gasteiger partial charge in [-0.2, -0.15) is 0 Å². The molecule has 1 aliphatic rings. The van der Waals surface area contributed by atoms with E-state index in [2.05, 4.69) is 74.3 Å². The molecule has 6 nitrogen and oxygen atoms in total. The highest BCUT2D eigenvalue weighted by atomic mass is 28.5. The van der Waals surface area contributed by atoms with Gasteiger partial charge in [0, 0.05) is 10.6 Å². The fourth-order valence-corrected chi connectivity index (χ4v) is 16.7. The summed E-state index contributed by atoms with van der Waals surface area (Å²) in [5.74, 6) is 0.400. The van der Waals surface area contributed by atoms with Crippen molar-refractivity contribution in [1.29, 1.82) is 0 Å². The number of hydrogen-bond acceptors (Lipinski definition) is 6. The lowest BCUT2D eigenvalue weighted by Crippen LogP contribution is -2.60. The van der Waals surface area contributed by atoms with Crippen LogP contribution >= 0.6 is 0 Å². The standard InChI is InChI=1S/C20H44O6Si4/c1-14(2)18(22-19(21)15(3)4)13-20(16(5)6,17(7)8)28-25-29(9,10)23-27-24-30(11,12)26-28/h14,16-18,28H,3,13,27H2,1-2,4-12H3. The van der Waals surface area contributed by atoms with E-state index in [-0.39, 0.29) is 34.9 Å². The molecule has 1 aliphatic heterocycles. The Balaban J connectivity index is 3.46. The zero-order valence-corrected chi connectivity index (χ0v) is 25.5. The first-order valence-corrected chi connectivity index (χ1v) is 19.3. The van der Waals surface area contributed by atoms with E-state index in [1.165, 1.54) is 0 Å². The van der Waals surface area contributed by atoms with E-state index in [1.807, 2.05) is 0 Å². The molecule has 176 valence electrons. The van der Waals surface area contributed by atoms with E-state index in [9.17, 15) is 4.79 Å². The van der Waals surface area contributed by atoms with Gasteiger partial charge in [0.15, 0.2) is 0 Å². The van der Waals surface area contributed by atoms with Crippen LogP contribution in [-0.2, 0) is 26.0 Å². The van der Waals surface area contributed by atoms with Crippen LogP contribution in [0.5, 0.6) is 0 Å². The molecule has 1 heterocycles. The summed E-state index contributed by atoms with van der Waals surface area (Å²) < 4.78 is 31.9. The Bertz CT molecular complexity index is 580. The zero-order valence-electron chi connectivity index (χ0n) is 21.0. The molecule has 1 unspecified atom stereocenters. The van der Waals surface area contributed by atoms with Crippen LogP contribution in [0.2, 0.25) is 31.2 Å². The van der Waals surface area contributed by atoms with Crippen molar-refractivity contribution in [3.63, 3.8) is 0 Å². The van der Waals surface area contributed by atoms with Gasteiger partial charge in [0.1, 0.15) is 6.10 Å². The molecule has 0 aromatic carbocycles. The van der Waals surface area contributed by atoms with Gasteiger partial charge in [0.25, 0.3) is 10.0 Å². The molecule has 1 atom stereocenters. The Morgan fingerprint density at radius 1 is 1.00 bits per heavy atom. The summed E-state index contributed by atoms with van der Waals surface area (Å²) in [5, 5.41) is -0.246. The van der Waals surface area contributed by atoms with Gasteiger partial charge >= 0.3 is 32.4 Å². The maximum atomic E-state index is 12.4. The average molecular weight is 493 g/mol. The third-order valence-corrected chi connectivity index (χ3v) is 21.3. The second-order valence-corrected chi connectivity index (χ2v) is 22.1. The van der Waals surface area contributed by atoms with Crippen molar-refractivity contribution in [1.82, 2.24) is 0 Å². The van der Waals surface area contributed by atoms with E-state index in [0.717, 1.165) is 0 Å². The zero-order chi connectivity index (χ0) is 23.5. The van der Waals surface area contributed by atoms with Crippen molar-refractivity contribution in [2.75, 3.05) is 0 Å². The van der Waals surface area contributed by atoms with Crippen molar-refractivity contribution in [3.05, 3.63) is 12.2 Å². The summed E-state index contributed by atoms with van der Waals surface area (Å²) in [5.41, 5.74) is 0.421. The monoisotopic (exact) mass is 492 g/mol. The van der Waals surface area contributed by atoms with Crippen molar-refractivity contribution < 1.29 is 26.0 Å². The van der Waals surface area contributed by atoms with Gasteiger partial charge in [0.2, 0.25) is 0 Å². The lowest BCUT2D eigenvalue weighted by atomic mass is 9.78. The summed E-state index contributed by atoms with van der Waals surface area (Å²) in [6, 6.07) is 0. The maximum absolute atomic E-state index is 12.4. The van der Waals surface area contributed by atoms with Gasteiger partial charge in [-0.15, -0.1) is 0 Å². The van der Waals surface area contributed by atoms with Crippen molar-refractivity contribution in [3.8, 4) is 0 Å². The molecule has 30 heavy (non-hydrogen) atoms. The summed E-state index contributed by atoms with van der Waals surface area (Å²) in [6.07, 6.45) is 0.456. The Kier molecular flexibility index (Phi) is 9.96. The average Bonchev–Trinajstić information content (AvgIpc) is 2.54. The molecule has 10 heteroatoms. The predicted molar refractivity (Wildman–Crippen MR) is 132 cm³/mol. The Hall–Kier alpha value is -0.0825. The molecule has 0 amide bonds. The summed E-state index contributed by atoms with van der Waals surface area (Å²) >= 11 is 0. The van der Waals surface area contributed by atoms with E-state index in [4.69, 9.17) is 21.2 Å². The first kappa shape index (κ1) is 28.0. The van der Waals surface area contributed by atoms with Crippen molar-refractivity contribution in [2.24, 2.45) is 17.8 Å². The first-order valence-electron chi connectivity index (χ1n) is 11.0. The number of carbonyl (C=O) groups is 1. The smallest absolute Gasteiger partial charge is 0.333 e. The second-order valence-electron chi connectivity index (χ2n) is 10.4. The summed E-state index contributed by atoms with van der Waals surface area (Å²) in [6.45, 7) is 26.9. The number of carbonyl (C=O) groups excluding carboxylic acids is 1. The van der Waals surface area contributed by atoms with Gasteiger partial charge in [-0.05, 0) is 57.3 Å². The topological polar surface area (TPSA) is 63.2 Å². The van der Waals surface area contributed by atoms with Crippen LogP contribution < -0.4 is 0 Å². The molecule has 0 radical (unpaired) electrons. The lowest BCUT2D eigenvalue weighted by molar-refractivity contribution is -0.148. The van der Waals surface area contributed by atoms with Crippen LogP contribution in [0.15, 0.2) is 12.2 Å². The maximum Gasteiger partial charge on any atom is 0.333 e. The third-order valence-electron chi connectivity index (χ3n) is 6.09. The highest BCUT2D eigenvalue weighted by molar-refractivity contribution is 6.83. The van der Waals surface area contributed by atoms with E-state index in [1.54, 1.807) is 6.92 Å². The molecule has 0 aliphatic carbocycles. The molecular weight excluding hydrogens is 449 g/mol. The Labute approximate surface area is 190 Å². The highest BCUT2D eigenvalue weighted by Gasteiger charge is 2.55. The minimum Gasteiger partial charge on any atom is -0.459 e. The lowest BCUT2D eigenvalue weighted by Gasteiger charge is -2.51. The number of rotatable bonds is 8. The summed E-state index contributed by atoms with van der Waals surface area (Å²) in [4.78, 5) is 12.4. The minimum absolute atomic E-state index is 0.170. The Morgan fingerprint density at radius 2 is 1.43 bits per heavy atom. The van der Waals surface area contributed by atoms with Gasteiger partial charge < -0.3 is 21.2 Å². The van der Waals surface area contributed by atoms with Gasteiger partial charge in [-0.1, -0.05) is 48.1 Å². The molecule has 1 saturated heterocycles. The molecule has 0 spiro atoms. The minimum atomic E-state index is -2.35. The van der Waals surface area contributed by atoms with E-state index < -0.39 is 36.4 Å². The molecular formula is C20H44O6Si4. The molecule has 1 rings (SSSR count). The molecule has 0 saturated carbocycles. The normalized spacial score (nSPS) is 24.0. The van der Waals surface area contributed by atoms with Crippen LogP contribution in [-0.4, -0.2) is 48.5 Å². The Morgan fingerprint density at radius 3 is 1.77 bits per heavy atom. The molecule has 0 N–H and O–H groups in total. The molecule has 1 fully saturated rings. The number of ether oxygens (including phenoxy) is 1. The predicted octanol–water partition coefficient (Wildman–Crippen LogP) is 4.28. The van der Waals surface area contributed by atoms with E-state index in [0.29, 0.717) is 12.0 Å².